The van der Waals surface area contributed by atoms with Gasteiger partial charge in [-0.15, -0.1) is 0 Å². The zero-order valence-electron chi connectivity index (χ0n) is 12.6. The molecular formula is C14H19ClN2O4S2. The lowest BCUT2D eigenvalue weighted by molar-refractivity contribution is -0.140. The highest BCUT2D eigenvalue weighted by atomic mass is 35.5. The van der Waals surface area contributed by atoms with Gasteiger partial charge in [0.25, 0.3) is 0 Å². The fourth-order valence-corrected chi connectivity index (χ4v) is 4.57. The summed E-state index contributed by atoms with van der Waals surface area (Å²) in [5.74, 6) is -1.24. The molecule has 9 heteroatoms. The van der Waals surface area contributed by atoms with Gasteiger partial charge in [0.2, 0.25) is 10.0 Å². The van der Waals surface area contributed by atoms with E-state index in [2.05, 4.69) is 22.3 Å². The smallest absolute Gasteiger partial charge is 0.323 e. The Bertz CT molecular complexity index is 688. The Labute approximate surface area is 146 Å². The second-order valence-electron chi connectivity index (χ2n) is 5.76. The lowest BCUT2D eigenvalue weighted by Crippen LogP contribution is -2.57. The third kappa shape index (κ3) is 4.39. The molecule has 2 N–H and O–H groups in total. The van der Waals surface area contributed by atoms with Crippen LogP contribution in [0.1, 0.15) is 12.8 Å². The Morgan fingerprint density at radius 1 is 1.43 bits per heavy atom. The van der Waals surface area contributed by atoms with Crippen molar-refractivity contribution in [3.05, 3.63) is 29.3 Å². The van der Waals surface area contributed by atoms with Crippen LogP contribution in [-0.2, 0) is 14.8 Å². The van der Waals surface area contributed by atoms with Crippen molar-refractivity contribution in [1.82, 2.24) is 9.62 Å². The molecule has 23 heavy (non-hydrogen) atoms. The first kappa shape index (κ1) is 18.5. The van der Waals surface area contributed by atoms with Crippen LogP contribution in [0.3, 0.4) is 0 Å². The number of carbonyl (C=O) groups is 1. The maximum absolute atomic E-state index is 12.5. The van der Waals surface area contributed by atoms with E-state index in [9.17, 15) is 18.3 Å². The third-order valence-corrected chi connectivity index (χ3v) is 6.38. The minimum Gasteiger partial charge on any atom is -0.480 e. The summed E-state index contributed by atoms with van der Waals surface area (Å²) in [6.45, 7) is 1.32. The SMILES string of the molecule is CN1CCC(S)([C@H](NS(=O)(=O)c2cccc(Cl)c2)C(=O)O)CC1. The van der Waals surface area contributed by atoms with Crippen molar-refractivity contribution in [2.75, 3.05) is 20.1 Å². The molecule has 0 amide bonds. The molecule has 1 heterocycles. The van der Waals surface area contributed by atoms with Gasteiger partial charge >= 0.3 is 5.97 Å². The molecule has 0 radical (unpaired) electrons. The number of carboxylic acids is 1. The summed E-state index contributed by atoms with van der Waals surface area (Å²) < 4.78 is 26.3. The van der Waals surface area contributed by atoms with Crippen molar-refractivity contribution in [3.8, 4) is 0 Å². The molecule has 0 unspecified atom stereocenters. The van der Waals surface area contributed by atoms with Crippen LogP contribution < -0.4 is 4.72 Å². The number of piperidine rings is 1. The number of hydrogen-bond donors (Lipinski definition) is 3. The Balaban J connectivity index is 2.27. The maximum atomic E-state index is 12.5. The first-order valence-corrected chi connectivity index (χ1v) is 9.36. The second-order valence-corrected chi connectivity index (χ2v) is 8.80. The number of halogens is 1. The highest BCUT2D eigenvalue weighted by Crippen LogP contribution is 2.33. The Hall–Kier alpha value is -0.800. The van der Waals surface area contributed by atoms with Gasteiger partial charge in [-0.3, -0.25) is 4.79 Å². The van der Waals surface area contributed by atoms with Crippen molar-refractivity contribution in [1.29, 1.82) is 0 Å². The van der Waals surface area contributed by atoms with E-state index in [0.717, 1.165) is 0 Å². The fourth-order valence-electron chi connectivity index (χ4n) is 2.54. The molecule has 0 bridgehead atoms. The minimum absolute atomic E-state index is 0.0684. The van der Waals surface area contributed by atoms with E-state index in [1.54, 1.807) is 6.07 Å². The number of sulfonamides is 1. The van der Waals surface area contributed by atoms with Crippen LogP contribution in [0, 0.1) is 0 Å². The summed E-state index contributed by atoms with van der Waals surface area (Å²) >= 11 is 10.3. The number of hydrogen-bond acceptors (Lipinski definition) is 5. The number of carboxylic acid groups (broad SMARTS) is 1. The summed E-state index contributed by atoms with van der Waals surface area (Å²) in [6, 6.07) is 4.38. The average Bonchev–Trinajstić information content (AvgIpc) is 2.48. The molecule has 0 aromatic heterocycles. The topological polar surface area (TPSA) is 86.7 Å². The Morgan fingerprint density at radius 2 is 2.04 bits per heavy atom. The van der Waals surface area contributed by atoms with E-state index in [1.807, 2.05) is 7.05 Å². The molecule has 1 aromatic carbocycles. The Kier molecular flexibility index (Phi) is 5.63. The van der Waals surface area contributed by atoms with E-state index < -0.39 is 26.8 Å². The molecule has 0 spiro atoms. The summed E-state index contributed by atoms with van der Waals surface area (Å²) in [6.07, 6.45) is 0.948. The van der Waals surface area contributed by atoms with Gasteiger partial charge < -0.3 is 10.0 Å². The molecule has 1 aliphatic rings. The molecule has 2 rings (SSSR count). The number of nitrogens with one attached hydrogen (secondary N) is 1. The quantitative estimate of drug-likeness (QED) is 0.675. The van der Waals surface area contributed by atoms with Crippen molar-refractivity contribution in [2.24, 2.45) is 0 Å². The standard InChI is InChI=1S/C14H19ClN2O4S2/c1-17-7-5-14(22,6-8-17)12(13(18)19)16-23(20,21)11-4-2-3-10(15)9-11/h2-4,9,12,16,22H,5-8H2,1H3,(H,18,19)/t12-/m1/s1. The minimum atomic E-state index is -4.01. The van der Waals surface area contributed by atoms with Gasteiger partial charge in [0.05, 0.1) is 4.90 Å². The molecule has 1 fully saturated rings. The number of rotatable bonds is 5. The summed E-state index contributed by atoms with van der Waals surface area (Å²) in [4.78, 5) is 13.6. The monoisotopic (exact) mass is 378 g/mol. The fraction of sp³-hybridized carbons (Fsp3) is 0.500. The normalized spacial score (nSPS) is 20.1. The number of thiol groups is 1. The molecular weight excluding hydrogens is 360 g/mol. The van der Waals surface area contributed by atoms with Crippen LogP contribution >= 0.6 is 24.2 Å². The van der Waals surface area contributed by atoms with Crippen LogP contribution in [-0.4, -0.2) is 55.3 Å². The molecule has 1 aromatic rings. The maximum Gasteiger partial charge on any atom is 0.323 e. The highest BCUT2D eigenvalue weighted by molar-refractivity contribution is 7.89. The zero-order valence-corrected chi connectivity index (χ0v) is 15.0. The largest absolute Gasteiger partial charge is 0.480 e. The zero-order chi connectivity index (χ0) is 17.3. The van der Waals surface area contributed by atoms with Gasteiger partial charge in [-0.2, -0.15) is 17.4 Å². The van der Waals surface area contributed by atoms with E-state index >= 15 is 0 Å². The third-order valence-electron chi connectivity index (χ3n) is 4.02. The van der Waals surface area contributed by atoms with E-state index in [-0.39, 0.29) is 9.92 Å². The number of likely N-dealkylation sites (tertiary alicyclic amines) is 1. The van der Waals surface area contributed by atoms with Crippen LogP contribution in [0.4, 0.5) is 0 Å². The molecule has 1 saturated heterocycles. The number of nitrogens with zero attached hydrogens (tertiary/aromatic N) is 1. The summed E-state index contributed by atoms with van der Waals surface area (Å²) in [7, 11) is -2.08. The lowest BCUT2D eigenvalue weighted by Gasteiger charge is -2.40. The predicted octanol–water partition coefficient (Wildman–Crippen LogP) is 1.47. The predicted molar refractivity (Wildman–Crippen MR) is 91.6 cm³/mol. The lowest BCUT2D eigenvalue weighted by atomic mass is 9.89. The van der Waals surface area contributed by atoms with E-state index in [1.165, 1.54) is 18.2 Å². The van der Waals surface area contributed by atoms with E-state index in [0.29, 0.717) is 25.9 Å². The summed E-state index contributed by atoms with van der Waals surface area (Å²) in [5, 5.41) is 9.77. The first-order chi connectivity index (χ1) is 10.6. The van der Waals surface area contributed by atoms with Crippen molar-refractivity contribution in [2.45, 2.75) is 28.5 Å². The van der Waals surface area contributed by atoms with Crippen molar-refractivity contribution < 1.29 is 18.3 Å². The summed E-state index contributed by atoms with van der Waals surface area (Å²) in [5.41, 5.74) is 0. The molecule has 128 valence electrons. The van der Waals surface area contributed by atoms with Gasteiger partial charge in [-0.05, 0) is 51.2 Å². The first-order valence-electron chi connectivity index (χ1n) is 7.06. The molecule has 1 atom stereocenters. The highest BCUT2D eigenvalue weighted by Gasteiger charge is 2.44. The molecule has 1 aliphatic heterocycles. The average molecular weight is 379 g/mol. The molecule has 0 saturated carbocycles. The van der Waals surface area contributed by atoms with Gasteiger partial charge in [-0.1, -0.05) is 17.7 Å². The van der Waals surface area contributed by atoms with Gasteiger partial charge in [0.1, 0.15) is 6.04 Å². The van der Waals surface area contributed by atoms with Crippen molar-refractivity contribution in [3.63, 3.8) is 0 Å². The van der Waals surface area contributed by atoms with Crippen molar-refractivity contribution >= 4 is 40.2 Å². The van der Waals surface area contributed by atoms with Gasteiger partial charge in [-0.25, -0.2) is 8.42 Å². The van der Waals surface area contributed by atoms with Crippen LogP contribution in [0.5, 0.6) is 0 Å². The molecule has 0 aliphatic carbocycles. The molecule has 6 nitrogen and oxygen atoms in total. The second kappa shape index (κ2) is 6.98. The Morgan fingerprint density at radius 3 is 2.57 bits per heavy atom. The van der Waals surface area contributed by atoms with Gasteiger partial charge in [0.15, 0.2) is 0 Å². The van der Waals surface area contributed by atoms with Crippen LogP contribution in [0.25, 0.3) is 0 Å². The van der Waals surface area contributed by atoms with Crippen LogP contribution in [0.15, 0.2) is 29.2 Å². The van der Waals surface area contributed by atoms with Gasteiger partial charge in [0, 0.05) is 9.77 Å². The van der Waals surface area contributed by atoms with E-state index in [4.69, 9.17) is 11.6 Å². The van der Waals surface area contributed by atoms with Crippen LogP contribution in [0.2, 0.25) is 5.02 Å². The number of aliphatic carboxylic acids is 1. The number of benzene rings is 1.